The highest BCUT2D eigenvalue weighted by atomic mass is 15.2. The Kier molecular flexibility index (Phi) is 3.92. The van der Waals surface area contributed by atoms with Gasteiger partial charge in [0.15, 0.2) is 0 Å². The second-order valence-electron chi connectivity index (χ2n) is 5.53. The van der Waals surface area contributed by atoms with Gasteiger partial charge in [0.25, 0.3) is 0 Å². The molecule has 21 heavy (non-hydrogen) atoms. The number of hydrogen-bond acceptors (Lipinski definition) is 1. The Morgan fingerprint density at radius 3 is 1.86 bits per heavy atom. The topological polar surface area (TPSA) is 3.24 Å². The molecule has 1 heteroatoms. The monoisotopic (exact) mass is 275 g/mol. The highest BCUT2D eigenvalue weighted by Crippen LogP contribution is 2.36. The number of nitrogens with zero attached hydrogens (tertiary/aromatic N) is 1. The summed E-state index contributed by atoms with van der Waals surface area (Å²) in [6.45, 7) is 4.36. The van der Waals surface area contributed by atoms with E-state index < -0.39 is 0 Å². The second kappa shape index (κ2) is 6.01. The third-order valence-corrected chi connectivity index (χ3v) is 3.99. The van der Waals surface area contributed by atoms with Crippen molar-refractivity contribution in [3.05, 3.63) is 83.6 Å². The largest absolute Gasteiger partial charge is 0.314 e. The first kappa shape index (κ1) is 13.7. The molecule has 0 unspecified atom stereocenters. The van der Waals surface area contributed by atoms with E-state index in [1.807, 2.05) is 0 Å². The smallest absolute Gasteiger partial charge is 0.0487 e. The molecular weight excluding hydrogens is 254 g/mol. The van der Waals surface area contributed by atoms with Crippen molar-refractivity contribution < 1.29 is 0 Å². The molecule has 0 atom stereocenters. The molecule has 106 valence electrons. The average molecular weight is 275 g/mol. The zero-order chi connectivity index (χ0) is 14.7. The molecule has 0 radical (unpaired) electrons. The summed E-state index contributed by atoms with van der Waals surface area (Å²) < 4.78 is 0. The molecule has 0 heterocycles. The van der Waals surface area contributed by atoms with Gasteiger partial charge in [-0.05, 0) is 56.0 Å². The van der Waals surface area contributed by atoms with Crippen molar-refractivity contribution in [1.82, 2.24) is 0 Å². The van der Waals surface area contributed by atoms with E-state index in [1.165, 1.54) is 28.2 Å². The van der Waals surface area contributed by atoms with Crippen LogP contribution in [0.5, 0.6) is 0 Å². The molecule has 1 aliphatic rings. The van der Waals surface area contributed by atoms with Crippen LogP contribution in [0.1, 0.15) is 24.0 Å². The van der Waals surface area contributed by atoms with E-state index in [9.17, 15) is 0 Å². The van der Waals surface area contributed by atoms with Crippen molar-refractivity contribution in [1.29, 1.82) is 0 Å². The Bertz CT molecular complexity index is 649. The van der Waals surface area contributed by atoms with Crippen LogP contribution >= 0.6 is 0 Å². The van der Waals surface area contributed by atoms with Gasteiger partial charge in [0, 0.05) is 17.1 Å². The quantitative estimate of drug-likeness (QED) is 0.697. The normalized spacial score (nSPS) is 13.9. The molecule has 0 N–H and O–H groups in total. The van der Waals surface area contributed by atoms with E-state index in [2.05, 4.69) is 85.5 Å². The minimum Gasteiger partial charge on any atom is -0.314 e. The maximum absolute atomic E-state index is 2.41. The first-order valence-corrected chi connectivity index (χ1v) is 7.54. The Morgan fingerprint density at radius 2 is 1.38 bits per heavy atom. The molecule has 2 aromatic carbocycles. The highest BCUT2D eigenvalue weighted by molar-refractivity contribution is 5.73. The number of benzene rings is 2. The molecule has 0 aromatic heterocycles. The van der Waals surface area contributed by atoms with Gasteiger partial charge in [-0.15, -0.1) is 0 Å². The van der Waals surface area contributed by atoms with Gasteiger partial charge in [0.05, 0.1) is 0 Å². The minimum atomic E-state index is 1.08. The predicted molar refractivity (Wildman–Crippen MR) is 91.0 cm³/mol. The minimum absolute atomic E-state index is 1.08. The van der Waals surface area contributed by atoms with E-state index in [-0.39, 0.29) is 0 Å². The zero-order valence-corrected chi connectivity index (χ0v) is 12.7. The summed E-state index contributed by atoms with van der Waals surface area (Å²) >= 11 is 0. The third-order valence-electron chi connectivity index (χ3n) is 3.99. The number of rotatable bonds is 3. The van der Waals surface area contributed by atoms with Crippen LogP contribution in [0.3, 0.4) is 0 Å². The summed E-state index contributed by atoms with van der Waals surface area (Å²) in [5, 5.41) is 0. The van der Waals surface area contributed by atoms with Crippen molar-refractivity contribution in [2.75, 3.05) is 4.90 Å². The van der Waals surface area contributed by atoms with Crippen LogP contribution in [0.15, 0.2) is 72.5 Å². The lowest BCUT2D eigenvalue weighted by Crippen LogP contribution is -2.19. The van der Waals surface area contributed by atoms with Gasteiger partial charge >= 0.3 is 0 Å². The predicted octanol–water partition coefficient (Wildman–Crippen LogP) is 5.68. The summed E-state index contributed by atoms with van der Waals surface area (Å²) in [5.74, 6) is 0. The fourth-order valence-corrected chi connectivity index (χ4v) is 2.84. The lowest BCUT2D eigenvalue weighted by molar-refractivity contribution is 0.913. The molecule has 0 bridgehead atoms. The maximum Gasteiger partial charge on any atom is 0.0487 e. The molecule has 0 saturated carbocycles. The average Bonchev–Trinajstić information content (AvgIpc) is 2.52. The van der Waals surface area contributed by atoms with Gasteiger partial charge in [0.2, 0.25) is 0 Å². The third kappa shape index (κ3) is 2.78. The second-order valence-corrected chi connectivity index (χ2v) is 5.53. The van der Waals surface area contributed by atoms with Crippen molar-refractivity contribution in [2.24, 2.45) is 0 Å². The summed E-state index contributed by atoms with van der Waals surface area (Å²) in [6, 6.07) is 17.2. The van der Waals surface area contributed by atoms with Gasteiger partial charge in [-0.1, -0.05) is 48.6 Å². The summed E-state index contributed by atoms with van der Waals surface area (Å²) in [6.07, 6.45) is 8.83. The van der Waals surface area contributed by atoms with Crippen LogP contribution in [0, 0.1) is 13.8 Å². The summed E-state index contributed by atoms with van der Waals surface area (Å²) in [5.41, 5.74) is 6.51. The molecular formula is C20H21N. The van der Waals surface area contributed by atoms with Gasteiger partial charge in [-0.3, -0.25) is 0 Å². The summed E-state index contributed by atoms with van der Waals surface area (Å²) in [7, 11) is 0. The first-order valence-electron chi connectivity index (χ1n) is 7.54. The van der Waals surface area contributed by atoms with Crippen LogP contribution in [0.2, 0.25) is 0 Å². The Labute approximate surface area is 127 Å². The Hall–Kier alpha value is -2.28. The van der Waals surface area contributed by atoms with Gasteiger partial charge in [0.1, 0.15) is 0 Å². The first-order chi connectivity index (χ1) is 10.3. The van der Waals surface area contributed by atoms with Gasteiger partial charge in [-0.2, -0.15) is 0 Å². The lowest BCUT2D eigenvalue weighted by atomic mass is 10.0. The van der Waals surface area contributed by atoms with Crippen LogP contribution < -0.4 is 4.90 Å². The van der Waals surface area contributed by atoms with Crippen molar-refractivity contribution >= 4 is 11.4 Å². The number of para-hydroxylation sites is 2. The van der Waals surface area contributed by atoms with Crippen molar-refractivity contribution in [3.63, 3.8) is 0 Å². The summed E-state index contributed by atoms with van der Waals surface area (Å²) in [4.78, 5) is 2.41. The molecule has 2 aromatic rings. The molecule has 1 nitrogen and oxygen atoms in total. The molecule has 0 spiro atoms. The van der Waals surface area contributed by atoms with Crippen LogP contribution in [-0.2, 0) is 0 Å². The molecule has 0 fully saturated rings. The molecule has 3 rings (SSSR count). The number of aryl methyl sites for hydroxylation is 2. The van der Waals surface area contributed by atoms with Crippen molar-refractivity contribution in [3.8, 4) is 0 Å². The van der Waals surface area contributed by atoms with E-state index in [4.69, 9.17) is 0 Å². The Balaban J connectivity index is 2.16. The fraction of sp³-hybridized carbons (Fsp3) is 0.200. The zero-order valence-electron chi connectivity index (χ0n) is 12.7. The Morgan fingerprint density at radius 1 is 0.810 bits per heavy atom. The van der Waals surface area contributed by atoms with E-state index >= 15 is 0 Å². The van der Waals surface area contributed by atoms with Crippen LogP contribution in [0.25, 0.3) is 0 Å². The fourth-order valence-electron chi connectivity index (χ4n) is 2.84. The number of allylic oxidation sites excluding steroid dienone is 4. The SMILES string of the molecule is Cc1ccccc1N(C1=CC=CCC1)c1ccccc1C. The lowest BCUT2D eigenvalue weighted by Gasteiger charge is -2.31. The standard InChI is InChI=1S/C20H21N/c1-16-10-6-8-14-19(16)21(18-12-4-3-5-13-18)20-15-9-7-11-17(20)2/h3-4,6-12,14-15H,5,13H2,1-2H3. The van der Waals surface area contributed by atoms with E-state index in [1.54, 1.807) is 0 Å². The van der Waals surface area contributed by atoms with Gasteiger partial charge < -0.3 is 4.90 Å². The van der Waals surface area contributed by atoms with Crippen LogP contribution in [0.4, 0.5) is 11.4 Å². The number of anilines is 2. The molecule has 0 amide bonds. The molecule has 0 aliphatic heterocycles. The molecule has 0 saturated heterocycles. The maximum atomic E-state index is 2.41. The van der Waals surface area contributed by atoms with E-state index in [0.29, 0.717) is 0 Å². The highest BCUT2D eigenvalue weighted by Gasteiger charge is 2.17. The van der Waals surface area contributed by atoms with E-state index in [0.717, 1.165) is 12.8 Å². The number of hydrogen-bond donors (Lipinski definition) is 0. The van der Waals surface area contributed by atoms with Crippen LogP contribution in [-0.4, -0.2) is 0 Å². The van der Waals surface area contributed by atoms with Crippen molar-refractivity contribution in [2.45, 2.75) is 26.7 Å². The van der Waals surface area contributed by atoms with Gasteiger partial charge in [-0.25, -0.2) is 0 Å². The molecule has 1 aliphatic carbocycles.